The molecule has 0 heterocycles. The van der Waals surface area contributed by atoms with Crippen molar-refractivity contribution in [3.63, 3.8) is 0 Å². The van der Waals surface area contributed by atoms with E-state index in [0.717, 1.165) is 25.7 Å². The molecule has 0 unspecified atom stereocenters. The Morgan fingerprint density at radius 3 is 2.35 bits per heavy atom. The summed E-state index contributed by atoms with van der Waals surface area (Å²) in [7, 11) is 0. The molecule has 0 aromatic heterocycles. The van der Waals surface area contributed by atoms with Gasteiger partial charge in [0.05, 0.1) is 6.10 Å². The van der Waals surface area contributed by atoms with Crippen LogP contribution in [0.25, 0.3) is 0 Å². The van der Waals surface area contributed by atoms with Crippen molar-refractivity contribution in [2.75, 3.05) is 6.61 Å². The fraction of sp³-hybridized carbons (Fsp3) is 0.600. The Morgan fingerprint density at radius 1 is 1.12 bits per heavy atom. The Bertz CT molecular complexity index is 320. The van der Waals surface area contributed by atoms with E-state index < -0.39 is 0 Å². The predicted molar refractivity (Wildman–Crippen MR) is 71.0 cm³/mol. The molecular weight excluding hydrogens is 212 g/mol. The maximum atomic E-state index is 9.25. The van der Waals surface area contributed by atoms with E-state index in [0.29, 0.717) is 5.92 Å². The number of aryl methyl sites for hydroxylation is 1. The fourth-order valence-electron chi connectivity index (χ4n) is 2.03. The van der Waals surface area contributed by atoms with E-state index in [4.69, 9.17) is 5.11 Å². The Labute approximate surface area is 104 Å². The van der Waals surface area contributed by atoms with Gasteiger partial charge in [-0.05, 0) is 49.7 Å². The summed E-state index contributed by atoms with van der Waals surface area (Å²) in [6.45, 7) is 4.13. The van der Waals surface area contributed by atoms with Gasteiger partial charge in [0, 0.05) is 6.61 Å². The van der Waals surface area contributed by atoms with E-state index in [-0.39, 0.29) is 12.7 Å². The highest BCUT2D eigenvalue weighted by atomic mass is 16.3. The number of hydrogen-bond donors (Lipinski definition) is 2. The van der Waals surface area contributed by atoms with Crippen molar-refractivity contribution in [3.8, 4) is 0 Å². The molecule has 1 rings (SSSR count). The molecule has 0 fully saturated rings. The first kappa shape index (κ1) is 14.2. The van der Waals surface area contributed by atoms with E-state index in [9.17, 15) is 5.11 Å². The minimum absolute atomic E-state index is 0.210. The molecule has 0 aliphatic heterocycles. The highest BCUT2D eigenvalue weighted by molar-refractivity contribution is 5.27. The van der Waals surface area contributed by atoms with Gasteiger partial charge in [-0.2, -0.15) is 0 Å². The van der Waals surface area contributed by atoms with Gasteiger partial charge in [0.2, 0.25) is 0 Å². The van der Waals surface area contributed by atoms with Crippen LogP contribution in [0.3, 0.4) is 0 Å². The molecule has 0 saturated heterocycles. The van der Waals surface area contributed by atoms with Crippen LogP contribution in [0.4, 0.5) is 0 Å². The molecule has 2 nitrogen and oxygen atoms in total. The maximum absolute atomic E-state index is 9.25. The van der Waals surface area contributed by atoms with Crippen LogP contribution < -0.4 is 0 Å². The minimum atomic E-state index is -0.210. The number of aliphatic hydroxyl groups excluding tert-OH is 2. The topological polar surface area (TPSA) is 40.5 Å². The van der Waals surface area contributed by atoms with Crippen LogP contribution in [0.15, 0.2) is 24.3 Å². The van der Waals surface area contributed by atoms with E-state index in [2.05, 4.69) is 31.2 Å². The molecule has 2 heteroatoms. The van der Waals surface area contributed by atoms with Gasteiger partial charge in [0.1, 0.15) is 0 Å². The smallest absolute Gasteiger partial charge is 0.0512 e. The largest absolute Gasteiger partial charge is 0.396 e. The van der Waals surface area contributed by atoms with Crippen LogP contribution in [0.2, 0.25) is 0 Å². The zero-order valence-electron chi connectivity index (χ0n) is 10.9. The quantitative estimate of drug-likeness (QED) is 0.764. The molecule has 0 amide bonds. The average Bonchev–Trinajstić information content (AvgIpc) is 2.30. The van der Waals surface area contributed by atoms with Crippen LogP contribution in [0, 0.1) is 5.92 Å². The van der Waals surface area contributed by atoms with Gasteiger partial charge in [-0.15, -0.1) is 0 Å². The lowest BCUT2D eigenvalue weighted by Gasteiger charge is -2.13. The van der Waals surface area contributed by atoms with Crippen LogP contribution in [0.1, 0.15) is 37.8 Å². The van der Waals surface area contributed by atoms with Crippen molar-refractivity contribution in [2.45, 2.75) is 45.6 Å². The first-order valence-electron chi connectivity index (χ1n) is 6.49. The summed E-state index contributed by atoms with van der Waals surface area (Å²) in [5, 5.41) is 18.4. The molecule has 2 N–H and O–H groups in total. The highest BCUT2D eigenvalue weighted by Gasteiger charge is 2.07. The third-order valence-corrected chi connectivity index (χ3v) is 3.07. The SMILES string of the molecule is C[C@H](CO)Cc1ccccc1CCC[C@@H](C)O. The second kappa shape index (κ2) is 7.46. The lowest BCUT2D eigenvalue weighted by atomic mass is 9.94. The van der Waals surface area contributed by atoms with Crippen molar-refractivity contribution < 1.29 is 10.2 Å². The third-order valence-electron chi connectivity index (χ3n) is 3.07. The second-order valence-corrected chi connectivity index (χ2v) is 5.00. The third kappa shape index (κ3) is 5.33. The second-order valence-electron chi connectivity index (χ2n) is 5.00. The zero-order chi connectivity index (χ0) is 12.7. The Morgan fingerprint density at radius 2 is 1.76 bits per heavy atom. The zero-order valence-corrected chi connectivity index (χ0v) is 10.9. The summed E-state index contributed by atoms with van der Waals surface area (Å²) >= 11 is 0. The Balaban J connectivity index is 2.57. The summed E-state index contributed by atoms with van der Waals surface area (Å²) < 4.78 is 0. The Hall–Kier alpha value is -0.860. The molecule has 0 spiro atoms. The maximum Gasteiger partial charge on any atom is 0.0512 e. The molecule has 0 aliphatic rings. The predicted octanol–water partition coefficient (Wildman–Crippen LogP) is 2.56. The minimum Gasteiger partial charge on any atom is -0.396 e. The highest BCUT2D eigenvalue weighted by Crippen LogP contribution is 2.16. The van der Waals surface area contributed by atoms with Gasteiger partial charge < -0.3 is 10.2 Å². The molecule has 1 aromatic rings. The van der Waals surface area contributed by atoms with Gasteiger partial charge in [-0.3, -0.25) is 0 Å². The fourth-order valence-corrected chi connectivity index (χ4v) is 2.03. The molecule has 96 valence electrons. The molecular formula is C15H24O2. The average molecular weight is 236 g/mol. The van der Waals surface area contributed by atoms with Gasteiger partial charge in [0.25, 0.3) is 0 Å². The molecule has 0 saturated carbocycles. The molecule has 0 radical (unpaired) electrons. The number of aliphatic hydroxyl groups is 2. The summed E-state index contributed by atoms with van der Waals surface area (Å²) in [6.07, 6.45) is 3.60. The first-order valence-corrected chi connectivity index (χ1v) is 6.49. The van der Waals surface area contributed by atoms with Crippen molar-refractivity contribution in [3.05, 3.63) is 35.4 Å². The monoisotopic (exact) mass is 236 g/mol. The van der Waals surface area contributed by atoms with Gasteiger partial charge in [-0.1, -0.05) is 31.2 Å². The summed E-state index contributed by atoms with van der Waals surface area (Å²) in [5.74, 6) is 0.313. The molecule has 1 aromatic carbocycles. The van der Waals surface area contributed by atoms with Crippen molar-refractivity contribution in [1.29, 1.82) is 0 Å². The van der Waals surface area contributed by atoms with Gasteiger partial charge >= 0.3 is 0 Å². The molecule has 2 atom stereocenters. The van der Waals surface area contributed by atoms with Crippen LogP contribution >= 0.6 is 0 Å². The lowest BCUT2D eigenvalue weighted by Crippen LogP contribution is -2.07. The van der Waals surface area contributed by atoms with Crippen molar-refractivity contribution in [1.82, 2.24) is 0 Å². The van der Waals surface area contributed by atoms with Gasteiger partial charge in [-0.25, -0.2) is 0 Å². The normalized spacial score (nSPS) is 14.6. The van der Waals surface area contributed by atoms with Crippen LogP contribution in [-0.2, 0) is 12.8 Å². The first-order chi connectivity index (χ1) is 8.13. The van der Waals surface area contributed by atoms with E-state index in [1.807, 2.05) is 6.92 Å². The summed E-state index contributed by atoms with van der Waals surface area (Å²) in [6, 6.07) is 8.41. The van der Waals surface area contributed by atoms with Crippen LogP contribution in [-0.4, -0.2) is 22.9 Å². The number of hydrogen-bond acceptors (Lipinski definition) is 2. The summed E-state index contributed by atoms with van der Waals surface area (Å²) in [5.41, 5.74) is 2.69. The van der Waals surface area contributed by atoms with E-state index >= 15 is 0 Å². The van der Waals surface area contributed by atoms with Crippen molar-refractivity contribution in [2.24, 2.45) is 5.92 Å². The van der Waals surface area contributed by atoms with Crippen molar-refractivity contribution >= 4 is 0 Å². The number of benzene rings is 1. The number of rotatable bonds is 7. The van der Waals surface area contributed by atoms with Crippen LogP contribution in [0.5, 0.6) is 0 Å². The molecule has 17 heavy (non-hydrogen) atoms. The standard InChI is InChI=1S/C15H24O2/c1-12(11-16)10-15-8-4-3-7-14(15)9-5-6-13(2)17/h3-4,7-8,12-13,16-17H,5-6,9-11H2,1-2H3/t12-,13+/m0/s1. The Kier molecular flexibility index (Phi) is 6.23. The summed E-state index contributed by atoms with van der Waals surface area (Å²) in [4.78, 5) is 0. The molecule has 0 bridgehead atoms. The lowest BCUT2D eigenvalue weighted by molar-refractivity contribution is 0.181. The van der Waals surface area contributed by atoms with Gasteiger partial charge in [0.15, 0.2) is 0 Å². The van der Waals surface area contributed by atoms with E-state index in [1.54, 1.807) is 0 Å². The molecule has 0 aliphatic carbocycles. The van der Waals surface area contributed by atoms with E-state index in [1.165, 1.54) is 11.1 Å².